The Morgan fingerprint density at radius 3 is 2.67 bits per heavy atom. The van der Waals surface area contributed by atoms with Gasteiger partial charge in [0.2, 0.25) is 0 Å². The number of allylic oxidation sites excluding steroid dienone is 1. The fourth-order valence-corrected chi connectivity index (χ4v) is 1.32. The van der Waals surface area contributed by atoms with Crippen molar-refractivity contribution in [2.75, 3.05) is 7.11 Å². The van der Waals surface area contributed by atoms with Gasteiger partial charge in [-0.05, 0) is 18.6 Å². The molecule has 0 aromatic heterocycles. The zero-order valence-electron chi connectivity index (χ0n) is 8.70. The summed E-state index contributed by atoms with van der Waals surface area (Å²) in [7, 11) is 1.29. The van der Waals surface area contributed by atoms with E-state index in [9.17, 15) is 4.79 Å². The Kier molecular flexibility index (Phi) is 3.25. The normalized spacial score (nSPS) is 9.13. The summed E-state index contributed by atoms with van der Waals surface area (Å²) in [5.41, 5.74) is 1.98. The monoisotopic (exact) mass is 201 g/mol. The molecule has 1 rings (SSSR count). The molecule has 15 heavy (non-hydrogen) atoms. The van der Waals surface area contributed by atoms with Gasteiger partial charge in [-0.3, -0.25) is 0 Å². The van der Waals surface area contributed by atoms with Crippen LogP contribution >= 0.6 is 0 Å². The Hall–Kier alpha value is -2.08. The Balaban J connectivity index is 3.48. The topological polar surface area (TPSA) is 50.1 Å². The van der Waals surface area contributed by atoms with Gasteiger partial charge in [0, 0.05) is 0 Å². The molecule has 0 aliphatic carbocycles. The molecule has 0 unspecified atom stereocenters. The van der Waals surface area contributed by atoms with Crippen molar-refractivity contribution in [3.63, 3.8) is 0 Å². The van der Waals surface area contributed by atoms with E-state index in [1.165, 1.54) is 7.11 Å². The number of methoxy groups -OCH3 is 1. The smallest absolute Gasteiger partial charge is 0.339 e. The molecule has 3 heteroatoms. The summed E-state index contributed by atoms with van der Waals surface area (Å²) in [6, 6.07) is 7.01. The molecule has 0 bridgehead atoms. The maximum absolute atomic E-state index is 11.5. The fraction of sp³-hybridized carbons (Fsp3) is 0.167. The molecule has 0 radical (unpaired) electrons. The lowest BCUT2D eigenvalue weighted by Gasteiger charge is -2.08. The summed E-state index contributed by atoms with van der Waals surface area (Å²) >= 11 is 0. The third-order valence-electron chi connectivity index (χ3n) is 2.03. The molecular weight excluding hydrogens is 190 g/mol. The van der Waals surface area contributed by atoms with Gasteiger partial charge in [-0.15, -0.1) is 0 Å². The molecule has 1 aromatic carbocycles. The number of rotatable bonds is 2. The average molecular weight is 201 g/mol. The van der Waals surface area contributed by atoms with Crippen molar-refractivity contribution in [1.29, 1.82) is 5.26 Å². The first-order valence-corrected chi connectivity index (χ1v) is 4.39. The summed E-state index contributed by atoms with van der Waals surface area (Å²) in [4.78, 5) is 11.5. The molecule has 0 fully saturated rings. The minimum atomic E-state index is -0.509. The second kappa shape index (κ2) is 4.43. The van der Waals surface area contributed by atoms with Crippen LogP contribution in [0.25, 0.3) is 5.57 Å². The number of hydrogen-bond acceptors (Lipinski definition) is 3. The van der Waals surface area contributed by atoms with Crippen molar-refractivity contribution < 1.29 is 9.53 Å². The fourth-order valence-electron chi connectivity index (χ4n) is 1.32. The Morgan fingerprint density at radius 1 is 1.53 bits per heavy atom. The second-order valence-electron chi connectivity index (χ2n) is 3.11. The highest BCUT2D eigenvalue weighted by Gasteiger charge is 2.16. The number of ether oxygens (including phenoxy) is 1. The van der Waals surface area contributed by atoms with Crippen LogP contribution in [0, 0.1) is 11.3 Å². The molecule has 0 N–H and O–H groups in total. The van der Waals surface area contributed by atoms with Crippen LogP contribution in [0.5, 0.6) is 0 Å². The van der Waals surface area contributed by atoms with Crippen LogP contribution in [-0.4, -0.2) is 13.1 Å². The Labute approximate surface area is 88.6 Å². The quantitative estimate of drug-likeness (QED) is 0.690. The first kappa shape index (κ1) is 11.0. The van der Waals surface area contributed by atoms with Gasteiger partial charge >= 0.3 is 5.97 Å². The SMILES string of the molecule is C=C(C)c1cccc(C#N)c1C(=O)OC. The third-order valence-corrected chi connectivity index (χ3v) is 2.03. The largest absolute Gasteiger partial charge is 0.465 e. The predicted molar refractivity (Wildman–Crippen MR) is 57.2 cm³/mol. The van der Waals surface area contributed by atoms with E-state index in [0.717, 1.165) is 5.57 Å². The summed E-state index contributed by atoms with van der Waals surface area (Å²) in [5, 5.41) is 8.88. The molecule has 0 amide bonds. The van der Waals surface area contributed by atoms with E-state index in [1.54, 1.807) is 25.1 Å². The maximum atomic E-state index is 11.5. The Bertz CT molecular complexity index is 455. The van der Waals surface area contributed by atoms with Gasteiger partial charge in [0.05, 0.1) is 18.2 Å². The van der Waals surface area contributed by atoms with Crippen LogP contribution in [0.3, 0.4) is 0 Å². The second-order valence-corrected chi connectivity index (χ2v) is 3.11. The molecule has 0 saturated carbocycles. The molecule has 0 aliphatic rings. The van der Waals surface area contributed by atoms with Gasteiger partial charge in [0.1, 0.15) is 6.07 Å². The highest BCUT2D eigenvalue weighted by Crippen LogP contribution is 2.21. The lowest BCUT2D eigenvalue weighted by Crippen LogP contribution is -2.07. The van der Waals surface area contributed by atoms with Gasteiger partial charge < -0.3 is 4.74 Å². The van der Waals surface area contributed by atoms with E-state index in [2.05, 4.69) is 11.3 Å². The summed E-state index contributed by atoms with van der Waals surface area (Å²) in [6.45, 7) is 5.54. The van der Waals surface area contributed by atoms with E-state index in [0.29, 0.717) is 11.1 Å². The standard InChI is InChI=1S/C12H11NO2/c1-8(2)10-6-4-5-9(7-13)11(10)12(14)15-3/h4-6H,1H2,2-3H3. The molecule has 3 nitrogen and oxygen atoms in total. The average Bonchev–Trinajstić information content (AvgIpc) is 2.26. The minimum absolute atomic E-state index is 0.287. The summed E-state index contributed by atoms with van der Waals surface area (Å²) in [5.74, 6) is -0.509. The van der Waals surface area contributed by atoms with Crippen molar-refractivity contribution in [1.82, 2.24) is 0 Å². The van der Waals surface area contributed by atoms with Crippen LogP contribution in [-0.2, 0) is 4.74 Å². The number of hydrogen-bond donors (Lipinski definition) is 0. The molecule has 0 spiro atoms. The zero-order valence-corrected chi connectivity index (χ0v) is 8.70. The summed E-state index contributed by atoms with van der Waals surface area (Å²) in [6.07, 6.45) is 0. The molecule has 0 aliphatic heterocycles. The molecule has 0 heterocycles. The molecule has 1 aromatic rings. The first-order chi connectivity index (χ1) is 7.11. The number of nitriles is 1. The van der Waals surface area contributed by atoms with Gasteiger partial charge in [0.25, 0.3) is 0 Å². The van der Waals surface area contributed by atoms with Crippen molar-refractivity contribution in [2.24, 2.45) is 0 Å². The maximum Gasteiger partial charge on any atom is 0.339 e. The van der Waals surface area contributed by atoms with E-state index in [4.69, 9.17) is 5.26 Å². The van der Waals surface area contributed by atoms with Crippen LogP contribution in [0.2, 0.25) is 0 Å². The number of nitrogens with zero attached hydrogens (tertiary/aromatic N) is 1. The number of esters is 1. The molecular formula is C12H11NO2. The number of benzene rings is 1. The Morgan fingerprint density at radius 2 is 2.20 bits per heavy atom. The third kappa shape index (κ3) is 2.05. The van der Waals surface area contributed by atoms with Crippen molar-refractivity contribution in [3.05, 3.63) is 41.5 Å². The van der Waals surface area contributed by atoms with Crippen LogP contribution in [0.15, 0.2) is 24.8 Å². The highest BCUT2D eigenvalue weighted by atomic mass is 16.5. The number of carbonyl (C=O) groups is 1. The lowest BCUT2D eigenvalue weighted by molar-refractivity contribution is 0.0600. The lowest BCUT2D eigenvalue weighted by atomic mass is 9.97. The predicted octanol–water partition coefficient (Wildman–Crippen LogP) is 2.38. The van der Waals surface area contributed by atoms with Crippen molar-refractivity contribution in [2.45, 2.75) is 6.92 Å². The van der Waals surface area contributed by atoms with E-state index < -0.39 is 5.97 Å². The number of carbonyl (C=O) groups excluding carboxylic acids is 1. The van der Waals surface area contributed by atoms with Crippen LogP contribution in [0.1, 0.15) is 28.4 Å². The van der Waals surface area contributed by atoms with Gasteiger partial charge in [-0.1, -0.05) is 24.3 Å². The van der Waals surface area contributed by atoms with E-state index in [1.807, 2.05) is 6.07 Å². The van der Waals surface area contributed by atoms with Crippen LogP contribution < -0.4 is 0 Å². The van der Waals surface area contributed by atoms with Gasteiger partial charge in [-0.25, -0.2) is 4.79 Å². The van der Waals surface area contributed by atoms with Crippen molar-refractivity contribution in [3.8, 4) is 6.07 Å². The van der Waals surface area contributed by atoms with E-state index >= 15 is 0 Å². The molecule has 0 atom stereocenters. The van der Waals surface area contributed by atoms with Crippen molar-refractivity contribution >= 4 is 11.5 Å². The van der Waals surface area contributed by atoms with Crippen LogP contribution in [0.4, 0.5) is 0 Å². The molecule has 76 valence electrons. The first-order valence-electron chi connectivity index (χ1n) is 4.39. The van der Waals surface area contributed by atoms with E-state index in [-0.39, 0.29) is 5.56 Å². The minimum Gasteiger partial charge on any atom is -0.465 e. The van der Waals surface area contributed by atoms with Gasteiger partial charge in [-0.2, -0.15) is 5.26 Å². The molecule has 0 saturated heterocycles. The highest BCUT2D eigenvalue weighted by molar-refractivity contribution is 5.97. The summed E-state index contributed by atoms with van der Waals surface area (Å²) < 4.78 is 4.64. The zero-order chi connectivity index (χ0) is 11.4. The van der Waals surface area contributed by atoms with Gasteiger partial charge in [0.15, 0.2) is 0 Å².